The van der Waals surface area contributed by atoms with Crippen LogP contribution in [-0.2, 0) is 11.2 Å². The highest BCUT2D eigenvalue weighted by atomic mass is 19.4. The van der Waals surface area contributed by atoms with Crippen LogP contribution in [0.15, 0.2) is 36.4 Å². The zero-order chi connectivity index (χ0) is 25.5. The summed E-state index contributed by atoms with van der Waals surface area (Å²) in [5.74, 6) is -1.39. The van der Waals surface area contributed by atoms with E-state index in [0.29, 0.717) is 11.1 Å². The van der Waals surface area contributed by atoms with Crippen molar-refractivity contribution in [1.82, 2.24) is 5.32 Å². The molecule has 34 heavy (non-hydrogen) atoms. The lowest BCUT2D eigenvalue weighted by Gasteiger charge is -2.14. The molecule has 2 rings (SSSR count). The van der Waals surface area contributed by atoms with Gasteiger partial charge in [0, 0.05) is 17.7 Å². The number of halogens is 6. The highest BCUT2D eigenvalue weighted by Crippen LogP contribution is 2.30. The summed E-state index contributed by atoms with van der Waals surface area (Å²) in [4.78, 5) is 24.3. The molecule has 0 saturated heterocycles. The van der Waals surface area contributed by atoms with Gasteiger partial charge in [-0.2, -0.15) is 26.3 Å². The molecule has 0 unspecified atom stereocenters. The van der Waals surface area contributed by atoms with Gasteiger partial charge in [0.05, 0.1) is 7.11 Å². The predicted octanol–water partition coefficient (Wildman–Crippen LogP) is 4.81. The van der Waals surface area contributed by atoms with E-state index in [0.717, 1.165) is 0 Å². The minimum absolute atomic E-state index is 0.0180. The van der Waals surface area contributed by atoms with E-state index >= 15 is 0 Å². The Morgan fingerprint density at radius 3 is 2.26 bits per heavy atom. The molecule has 2 aromatic carbocycles. The number of carbonyl (C=O) groups excluding carboxylic acids is 2. The van der Waals surface area contributed by atoms with E-state index < -0.39 is 37.3 Å². The Kier molecular flexibility index (Phi) is 8.77. The van der Waals surface area contributed by atoms with E-state index in [2.05, 4.69) is 5.32 Å². The number of anilines is 1. The van der Waals surface area contributed by atoms with Crippen LogP contribution in [0.3, 0.4) is 0 Å². The molecule has 12 heteroatoms. The topological polar surface area (TPSA) is 76.7 Å². The number of alkyl halides is 6. The third-order valence-electron chi connectivity index (χ3n) is 4.48. The maximum atomic E-state index is 12.4. The second kappa shape index (κ2) is 11.1. The number of nitrogens with one attached hydrogen (secondary N) is 2. The summed E-state index contributed by atoms with van der Waals surface area (Å²) in [5.41, 5.74) is 1.40. The third-order valence-corrected chi connectivity index (χ3v) is 4.48. The summed E-state index contributed by atoms with van der Waals surface area (Å²) in [6.07, 6.45) is -8.86. The van der Waals surface area contributed by atoms with Crippen LogP contribution in [-0.4, -0.2) is 44.4 Å². The average molecular weight is 492 g/mol. The van der Waals surface area contributed by atoms with Gasteiger partial charge in [0.1, 0.15) is 6.54 Å². The highest BCUT2D eigenvalue weighted by molar-refractivity contribution is 5.97. The van der Waals surface area contributed by atoms with Gasteiger partial charge in [0.15, 0.2) is 18.1 Å². The first-order valence-electron chi connectivity index (χ1n) is 9.89. The van der Waals surface area contributed by atoms with Gasteiger partial charge in [-0.25, -0.2) is 0 Å². The van der Waals surface area contributed by atoms with Crippen molar-refractivity contribution in [3.63, 3.8) is 0 Å². The van der Waals surface area contributed by atoms with E-state index in [-0.39, 0.29) is 35.6 Å². The first kappa shape index (κ1) is 26.8. The van der Waals surface area contributed by atoms with Crippen LogP contribution in [0.25, 0.3) is 0 Å². The van der Waals surface area contributed by atoms with Crippen LogP contribution in [0.2, 0.25) is 0 Å². The molecular weight excluding hydrogens is 470 g/mol. The Hall–Kier alpha value is -3.44. The third kappa shape index (κ3) is 8.83. The van der Waals surface area contributed by atoms with Crippen LogP contribution in [0.5, 0.6) is 11.5 Å². The van der Waals surface area contributed by atoms with Crippen molar-refractivity contribution < 1.29 is 45.4 Å². The fraction of sp³-hybridized carbons (Fsp3) is 0.364. The first-order chi connectivity index (χ1) is 15.8. The lowest BCUT2D eigenvalue weighted by atomic mass is 10.1. The minimum Gasteiger partial charge on any atom is -0.493 e. The molecule has 0 aliphatic heterocycles. The molecule has 0 bridgehead atoms. The normalized spacial score (nSPS) is 11.6. The van der Waals surface area contributed by atoms with Crippen molar-refractivity contribution in [2.75, 3.05) is 25.6 Å². The maximum absolute atomic E-state index is 12.4. The second-order valence-corrected chi connectivity index (χ2v) is 7.26. The Morgan fingerprint density at radius 2 is 1.65 bits per heavy atom. The monoisotopic (exact) mass is 492 g/mol. The number of methoxy groups -OCH3 is 1. The molecule has 2 N–H and O–H groups in total. The lowest BCUT2D eigenvalue weighted by Crippen LogP contribution is -2.33. The van der Waals surface area contributed by atoms with Crippen molar-refractivity contribution in [3.8, 4) is 11.5 Å². The van der Waals surface area contributed by atoms with Gasteiger partial charge < -0.3 is 20.1 Å². The predicted molar refractivity (Wildman–Crippen MR) is 111 cm³/mol. The quantitative estimate of drug-likeness (QED) is 0.493. The molecule has 0 spiro atoms. The van der Waals surface area contributed by atoms with Gasteiger partial charge in [-0.1, -0.05) is 12.1 Å². The van der Waals surface area contributed by atoms with Crippen molar-refractivity contribution in [1.29, 1.82) is 0 Å². The first-order valence-corrected chi connectivity index (χ1v) is 9.89. The Labute approximate surface area is 191 Å². The van der Waals surface area contributed by atoms with Crippen LogP contribution >= 0.6 is 0 Å². The molecule has 6 nitrogen and oxygen atoms in total. The van der Waals surface area contributed by atoms with Gasteiger partial charge >= 0.3 is 12.4 Å². The molecule has 2 aromatic rings. The van der Waals surface area contributed by atoms with Crippen molar-refractivity contribution in [3.05, 3.63) is 53.1 Å². The summed E-state index contributed by atoms with van der Waals surface area (Å²) in [7, 11) is 1.27. The smallest absolute Gasteiger partial charge is 0.422 e. The SMILES string of the molecule is COc1cc(CCC(=O)Nc2cc(C(=O)NCC(F)(F)F)ccc2C)ccc1OCC(F)(F)F. The Balaban J connectivity index is 1.99. The van der Waals surface area contributed by atoms with Crippen LogP contribution < -0.4 is 20.1 Å². The van der Waals surface area contributed by atoms with Gasteiger partial charge in [-0.05, 0) is 48.7 Å². The fourth-order valence-electron chi connectivity index (χ4n) is 2.80. The molecule has 0 atom stereocenters. The largest absolute Gasteiger partial charge is 0.493 e. The minimum atomic E-state index is -4.55. The van der Waals surface area contributed by atoms with Crippen molar-refractivity contribution in [2.45, 2.75) is 32.1 Å². The standard InChI is InChI=1S/C22H22F6N2O4/c1-13-3-6-15(20(32)29-11-21(23,24)25)10-16(13)30-19(31)8-5-14-4-7-17(18(9-14)33-2)34-12-22(26,27)28/h3-4,6-7,9-10H,5,8,11-12H2,1-2H3,(H,29,32)(H,30,31). The number of carbonyl (C=O) groups is 2. The van der Waals surface area contributed by atoms with E-state index in [4.69, 9.17) is 9.47 Å². The van der Waals surface area contributed by atoms with E-state index in [1.165, 1.54) is 43.5 Å². The van der Waals surface area contributed by atoms with Crippen molar-refractivity contribution >= 4 is 17.5 Å². The Morgan fingerprint density at radius 1 is 0.941 bits per heavy atom. The zero-order valence-electron chi connectivity index (χ0n) is 18.2. The molecule has 0 radical (unpaired) electrons. The second-order valence-electron chi connectivity index (χ2n) is 7.26. The molecule has 186 valence electrons. The molecule has 0 saturated carbocycles. The maximum Gasteiger partial charge on any atom is 0.422 e. The van der Waals surface area contributed by atoms with Crippen LogP contribution in [0.1, 0.15) is 27.9 Å². The van der Waals surface area contributed by atoms with Gasteiger partial charge in [-0.15, -0.1) is 0 Å². The molecule has 0 aliphatic rings. The van der Waals surface area contributed by atoms with E-state index in [1.54, 1.807) is 12.2 Å². The lowest BCUT2D eigenvalue weighted by molar-refractivity contribution is -0.153. The van der Waals surface area contributed by atoms with E-state index in [1.807, 2.05) is 0 Å². The molecule has 0 heterocycles. The Bertz CT molecular complexity index is 1020. The molecule has 0 aromatic heterocycles. The van der Waals surface area contributed by atoms with Gasteiger partial charge in [0.25, 0.3) is 5.91 Å². The number of benzene rings is 2. The zero-order valence-corrected chi connectivity index (χ0v) is 18.2. The molecule has 0 fully saturated rings. The number of aryl methyl sites for hydroxylation is 2. The molecule has 0 aliphatic carbocycles. The highest BCUT2D eigenvalue weighted by Gasteiger charge is 2.29. The van der Waals surface area contributed by atoms with Gasteiger partial charge in [-0.3, -0.25) is 9.59 Å². The number of amides is 2. The van der Waals surface area contributed by atoms with Crippen molar-refractivity contribution in [2.24, 2.45) is 0 Å². The number of rotatable bonds is 9. The summed E-state index contributed by atoms with van der Waals surface area (Å²) in [6.45, 7) is -1.31. The summed E-state index contributed by atoms with van der Waals surface area (Å²) in [6, 6.07) is 8.36. The summed E-state index contributed by atoms with van der Waals surface area (Å²) < 4.78 is 83.7. The van der Waals surface area contributed by atoms with E-state index in [9.17, 15) is 35.9 Å². The fourth-order valence-corrected chi connectivity index (χ4v) is 2.80. The average Bonchev–Trinajstić information content (AvgIpc) is 2.75. The number of hydrogen-bond acceptors (Lipinski definition) is 4. The summed E-state index contributed by atoms with van der Waals surface area (Å²) >= 11 is 0. The van der Waals surface area contributed by atoms with Crippen LogP contribution in [0, 0.1) is 6.92 Å². The van der Waals surface area contributed by atoms with Crippen LogP contribution in [0.4, 0.5) is 32.0 Å². The summed E-state index contributed by atoms with van der Waals surface area (Å²) in [5, 5.41) is 4.36. The molecule has 2 amide bonds. The number of ether oxygens (including phenoxy) is 2. The number of hydrogen-bond donors (Lipinski definition) is 2. The van der Waals surface area contributed by atoms with Gasteiger partial charge in [0.2, 0.25) is 5.91 Å². The molecular formula is C22H22F6N2O4.